The molecule has 3 heterocycles. The molecule has 0 atom stereocenters. The second-order valence-electron chi connectivity index (χ2n) is 14.9. The molecular weight excluding hydrogens is 727 g/mol. The van der Waals surface area contributed by atoms with Gasteiger partial charge in [-0.3, -0.25) is 0 Å². The summed E-state index contributed by atoms with van der Waals surface area (Å²) in [5.41, 5.74) is 14.8. The summed E-state index contributed by atoms with van der Waals surface area (Å²) in [5.74, 6) is 2.41. The topological polar surface area (TPSA) is 38.2 Å². The van der Waals surface area contributed by atoms with Crippen LogP contribution in [0.1, 0.15) is 22.3 Å². The highest BCUT2D eigenvalue weighted by Crippen LogP contribution is 2.62. The van der Waals surface area contributed by atoms with Gasteiger partial charge in [-0.05, 0) is 89.0 Å². The van der Waals surface area contributed by atoms with Crippen molar-refractivity contribution in [2.45, 2.75) is 15.2 Å². The minimum Gasteiger partial charge on any atom is -0.457 e. The summed E-state index contributed by atoms with van der Waals surface area (Å²) in [4.78, 5) is 15.3. The van der Waals surface area contributed by atoms with Crippen molar-refractivity contribution in [3.8, 4) is 56.5 Å². The van der Waals surface area contributed by atoms with Gasteiger partial charge in [-0.1, -0.05) is 145 Å². The smallest absolute Gasteiger partial charge is 0.160 e. The average molecular weight is 760 g/mol. The lowest BCUT2D eigenvalue weighted by Gasteiger charge is -2.39. The molecule has 12 rings (SSSR count). The lowest BCUT2D eigenvalue weighted by Crippen LogP contribution is -2.32. The van der Waals surface area contributed by atoms with E-state index in [0.29, 0.717) is 5.82 Å². The minimum absolute atomic E-state index is 0.564. The summed E-state index contributed by atoms with van der Waals surface area (Å²) in [7, 11) is 0. The summed E-state index contributed by atoms with van der Waals surface area (Å²) in [5, 5.41) is 0. The standard InChI is InChI=1S/C53H33N3OS/c1-2-14-35(15-3-1)52-54-44(34-26-29-37(30-27-34)56-46-21-9-12-24-50(46)58-51-25-13-10-22-47(51)56)33-45(55-52)36-28-31-49-43(32-36)53(42-20-8-11-23-48(42)57-49)40-18-6-4-16-38(40)39-17-5-7-19-41(39)53/h1-33H. The van der Waals surface area contributed by atoms with Crippen molar-refractivity contribution in [1.29, 1.82) is 0 Å². The first kappa shape index (κ1) is 33.0. The average Bonchev–Trinajstić information content (AvgIpc) is 3.59. The predicted molar refractivity (Wildman–Crippen MR) is 235 cm³/mol. The van der Waals surface area contributed by atoms with Crippen LogP contribution in [0.5, 0.6) is 11.5 Å². The van der Waals surface area contributed by atoms with E-state index in [1.807, 2.05) is 30.0 Å². The van der Waals surface area contributed by atoms with Gasteiger partial charge in [-0.15, -0.1) is 0 Å². The van der Waals surface area contributed by atoms with Crippen LogP contribution in [0.4, 0.5) is 17.1 Å². The van der Waals surface area contributed by atoms with Gasteiger partial charge in [0.1, 0.15) is 11.5 Å². The lowest BCUT2D eigenvalue weighted by molar-refractivity contribution is 0.436. The Labute approximate surface area is 341 Å². The fourth-order valence-electron chi connectivity index (χ4n) is 9.24. The molecule has 0 saturated heterocycles. The van der Waals surface area contributed by atoms with Gasteiger partial charge in [0.05, 0.1) is 28.2 Å². The Kier molecular flexibility index (Phi) is 7.34. The summed E-state index contributed by atoms with van der Waals surface area (Å²) in [6.07, 6.45) is 0. The van der Waals surface area contributed by atoms with E-state index >= 15 is 0 Å². The van der Waals surface area contributed by atoms with Gasteiger partial charge in [0.15, 0.2) is 5.82 Å². The van der Waals surface area contributed by atoms with Crippen LogP contribution in [-0.4, -0.2) is 9.97 Å². The van der Waals surface area contributed by atoms with Crippen LogP contribution in [0.3, 0.4) is 0 Å². The zero-order chi connectivity index (χ0) is 38.2. The van der Waals surface area contributed by atoms with E-state index in [2.05, 4.69) is 187 Å². The molecule has 0 unspecified atom stereocenters. The molecule has 0 bridgehead atoms. The Morgan fingerprint density at radius 1 is 0.414 bits per heavy atom. The Hall–Kier alpha value is -7.21. The fraction of sp³-hybridized carbons (Fsp3) is 0.0189. The summed E-state index contributed by atoms with van der Waals surface area (Å²) < 4.78 is 6.74. The van der Waals surface area contributed by atoms with Gasteiger partial charge in [0, 0.05) is 43.3 Å². The first-order valence-corrected chi connectivity index (χ1v) is 20.4. The van der Waals surface area contributed by atoms with Gasteiger partial charge in [-0.25, -0.2) is 9.97 Å². The Morgan fingerprint density at radius 3 is 1.64 bits per heavy atom. The van der Waals surface area contributed by atoms with Crippen molar-refractivity contribution in [1.82, 2.24) is 9.97 Å². The van der Waals surface area contributed by atoms with Crippen molar-refractivity contribution in [2.24, 2.45) is 0 Å². The first-order valence-electron chi connectivity index (χ1n) is 19.6. The van der Waals surface area contributed by atoms with E-state index < -0.39 is 5.41 Å². The van der Waals surface area contributed by atoms with Crippen molar-refractivity contribution < 1.29 is 4.74 Å². The molecule has 0 N–H and O–H groups in total. The fourth-order valence-corrected chi connectivity index (χ4v) is 10.3. The van der Waals surface area contributed by atoms with Crippen molar-refractivity contribution in [3.05, 3.63) is 222 Å². The molecule has 1 aromatic heterocycles. The van der Waals surface area contributed by atoms with Gasteiger partial charge in [0.25, 0.3) is 0 Å². The third-order valence-electron chi connectivity index (χ3n) is 11.8. The molecule has 4 nitrogen and oxygen atoms in total. The molecule has 272 valence electrons. The maximum atomic E-state index is 6.74. The highest BCUT2D eigenvalue weighted by Gasteiger charge is 2.51. The largest absolute Gasteiger partial charge is 0.457 e. The van der Waals surface area contributed by atoms with E-state index in [0.717, 1.165) is 56.4 Å². The zero-order valence-corrected chi connectivity index (χ0v) is 32.0. The summed E-state index contributed by atoms with van der Waals surface area (Å²) >= 11 is 1.82. The van der Waals surface area contributed by atoms with E-state index in [4.69, 9.17) is 14.7 Å². The number of hydrogen-bond acceptors (Lipinski definition) is 5. The maximum Gasteiger partial charge on any atom is 0.160 e. The van der Waals surface area contributed by atoms with E-state index in [9.17, 15) is 0 Å². The van der Waals surface area contributed by atoms with Gasteiger partial charge < -0.3 is 9.64 Å². The molecule has 2 aliphatic heterocycles. The number of benzene rings is 8. The van der Waals surface area contributed by atoms with Crippen LogP contribution >= 0.6 is 11.8 Å². The zero-order valence-electron chi connectivity index (χ0n) is 31.2. The molecule has 0 fully saturated rings. The van der Waals surface area contributed by atoms with Crippen molar-refractivity contribution >= 4 is 28.8 Å². The number of ether oxygens (including phenoxy) is 1. The Morgan fingerprint density at radius 2 is 0.948 bits per heavy atom. The molecule has 8 aromatic carbocycles. The maximum absolute atomic E-state index is 6.74. The van der Waals surface area contributed by atoms with E-state index in [1.165, 1.54) is 43.4 Å². The molecule has 1 aliphatic carbocycles. The van der Waals surface area contributed by atoms with E-state index in [1.54, 1.807) is 0 Å². The molecule has 0 saturated carbocycles. The third kappa shape index (κ3) is 4.90. The predicted octanol–water partition coefficient (Wildman–Crippen LogP) is 13.9. The molecule has 5 heteroatoms. The SMILES string of the molecule is c1ccc(-c2nc(-c3ccc(N4c5ccccc5Sc5ccccc54)cc3)cc(-c3ccc4c(c3)C3(c5ccccc5O4)c4ccccc4-c4ccccc43)n2)cc1. The van der Waals surface area contributed by atoms with Crippen LogP contribution < -0.4 is 9.64 Å². The van der Waals surface area contributed by atoms with Crippen LogP contribution in [0.2, 0.25) is 0 Å². The number of anilines is 3. The monoisotopic (exact) mass is 759 g/mol. The normalized spacial score (nSPS) is 13.7. The summed E-state index contributed by atoms with van der Waals surface area (Å²) in [6, 6.07) is 71.1. The highest BCUT2D eigenvalue weighted by atomic mass is 32.2. The van der Waals surface area contributed by atoms with E-state index in [-0.39, 0.29) is 0 Å². The molecule has 3 aliphatic rings. The molecule has 0 amide bonds. The summed E-state index contributed by atoms with van der Waals surface area (Å²) in [6.45, 7) is 0. The van der Waals surface area contributed by atoms with Crippen molar-refractivity contribution in [2.75, 3.05) is 4.90 Å². The van der Waals surface area contributed by atoms with Crippen LogP contribution in [0, 0.1) is 0 Å². The number of rotatable bonds is 4. The van der Waals surface area contributed by atoms with Crippen LogP contribution in [-0.2, 0) is 5.41 Å². The van der Waals surface area contributed by atoms with Crippen LogP contribution in [0.25, 0.3) is 45.0 Å². The molecule has 58 heavy (non-hydrogen) atoms. The third-order valence-corrected chi connectivity index (χ3v) is 12.9. The number of nitrogens with zero attached hydrogens (tertiary/aromatic N) is 3. The second-order valence-corrected chi connectivity index (χ2v) is 16.0. The highest BCUT2D eigenvalue weighted by molar-refractivity contribution is 7.99. The van der Waals surface area contributed by atoms with Crippen molar-refractivity contribution in [3.63, 3.8) is 0 Å². The first-order chi connectivity index (χ1) is 28.7. The Bertz CT molecular complexity index is 3000. The quantitative estimate of drug-likeness (QED) is 0.179. The number of fused-ring (bicyclic) bond motifs is 11. The minimum atomic E-state index is -0.564. The second kappa shape index (κ2) is 12.9. The molecular formula is C53H33N3OS. The molecule has 0 radical (unpaired) electrons. The lowest BCUT2D eigenvalue weighted by atomic mass is 9.66. The van der Waals surface area contributed by atoms with Crippen LogP contribution in [0.15, 0.2) is 210 Å². The van der Waals surface area contributed by atoms with Gasteiger partial charge >= 0.3 is 0 Å². The number of aromatic nitrogens is 2. The van der Waals surface area contributed by atoms with Gasteiger partial charge in [-0.2, -0.15) is 0 Å². The number of para-hydroxylation sites is 3. The number of hydrogen-bond donors (Lipinski definition) is 0. The van der Waals surface area contributed by atoms with Gasteiger partial charge in [0.2, 0.25) is 0 Å². The molecule has 9 aromatic rings. The Balaban J connectivity index is 1.02. The molecule has 1 spiro atoms.